The fraction of sp³-hybridized carbons (Fsp3) is 0.333. The second-order valence-electron chi connectivity index (χ2n) is 6.03. The van der Waals surface area contributed by atoms with Crippen LogP contribution in [0.4, 0.5) is 24.5 Å². The van der Waals surface area contributed by atoms with Crippen molar-refractivity contribution in [3.63, 3.8) is 0 Å². The number of hydrogen-bond donors (Lipinski definition) is 2. The van der Waals surface area contributed by atoms with Gasteiger partial charge in [-0.1, -0.05) is 0 Å². The van der Waals surface area contributed by atoms with Crippen molar-refractivity contribution in [1.82, 2.24) is 10.3 Å². The fourth-order valence-electron chi connectivity index (χ4n) is 2.89. The zero-order chi connectivity index (χ0) is 19.4. The molecule has 0 saturated carbocycles. The zero-order valence-electron chi connectivity index (χ0n) is 14.6. The SMILES string of the molecule is COc1cncc(NC(=O)c2ccc(N3CCNCC3)c(C(F)(F)F)c2)c1. The number of carbonyl (C=O) groups is 1. The van der Waals surface area contributed by atoms with E-state index in [0.29, 0.717) is 37.6 Å². The van der Waals surface area contributed by atoms with Gasteiger partial charge in [-0.25, -0.2) is 0 Å². The number of nitrogens with one attached hydrogen (secondary N) is 2. The van der Waals surface area contributed by atoms with E-state index < -0.39 is 17.6 Å². The maximum Gasteiger partial charge on any atom is 0.418 e. The highest BCUT2D eigenvalue weighted by Crippen LogP contribution is 2.37. The van der Waals surface area contributed by atoms with Gasteiger partial charge in [-0.3, -0.25) is 9.78 Å². The number of ether oxygens (including phenoxy) is 1. The summed E-state index contributed by atoms with van der Waals surface area (Å²) in [5.74, 6) is -0.222. The summed E-state index contributed by atoms with van der Waals surface area (Å²) in [7, 11) is 1.45. The molecule has 0 spiro atoms. The van der Waals surface area contributed by atoms with Gasteiger partial charge < -0.3 is 20.3 Å². The van der Waals surface area contributed by atoms with Gasteiger partial charge in [0.25, 0.3) is 5.91 Å². The maximum absolute atomic E-state index is 13.6. The first-order valence-electron chi connectivity index (χ1n) is 8.36. The average Bonchev–Trinajstić information content (AvgIpc) is 2.67. The lowest BCUT2D eigenvalue weighted by Gasteiger charge is -2.31. The van der Waals surface area contributed by atoms with E-state index in [1.54, 1.807) is 4.90 Å². The number of benzene rings is 1. The predicted molar refractivity (Wildman–Crippen MR) is 95.3 cm³/mol. The number of alkyl halides is 3. The van der Waals surface area contributed by atoms with Gasteiger partial charge in [0.1, 0.15) is 5.75 Å². The summed E-state index contributed by atoms with van der Waals surface area (Å²) in [6, 6.07) is 5.17. The standard InChI is InChI=1S/C18H19F3N4O2/c1-27-14-9-13(10-23-11-14)24-17(26)12-2-3-16(15(8-12)18(19,20)21)25-6-4-22-5-7-25/h2-3,8-11,22H,4-7H2,1H3,(H,24,26). The molecule has 0 unspecified atom stereocenters. The number of pyridine rings is 1. The molecule has 0 bridgehead atoms. The molecule has 1 aliphatic rings. The summed E-state index contributed by atoms with van der Waals surface area (Å²) in [5.41, 5.74) is -0.479. The van der Waals surface area contributed by atoms with E-state index in [9.17, 15) is 18.0 Å². The number of nitrogens with zero attached hydrogens (tertiary/aromatic N) is 2. The molecule has 144 valence electrons. The van der Waals surface area contributed by atoms with Crippen LogP contribution in [0.5, 0.6) is 5.75 Å². The fourth-order valence-corrected chi connectivity index (χ4v) is 2.89. The maximum atomic E-state index is 13.6. The predicted octanol–water partition coefficient (Wildman–Crippen LogP) is 2.77. The lowest BCUT2D eigenvalue weighted by molar-refractivity contribution is -0.137. The van der Waals surface area contributed by atoms with Gasteiger partial charge in [0.2, 0.25) is 0 Å². The summed E-state index contributed by atoms with van der Waals surface area (Å²) < 4.78 is 45.7. The third-order valence-electron chi connectivity index (χ3n) is 4.23. The van der Waals surface area contributed by atoms with Crippen molar-refractivity contribution in [1.29, 1.82) is 0 Å². The first kappa shape index (κ1) is 19.0. The van der Waals surface area contributed by atoms with Gasteiger partial charge in [-0.15, -0.1) is 0 Å². The molecule has 1 aromatic carbocycles. The van der Waals surface area contributed by atoms with E-state index in [4.69, 9.17) is 4.74 Å². The van der Waals surface area contributed by atoms with Gasteiger partial charge in [-0.2, -0.15) is 13.2 Å². The molecule has 27 heavy (non-hydrogen) atoms. The molecule has 1 saturated heterocycles. The number of amides is 1. The van der Waals surface area contributed by atoms with E-state index in [-0.39, 0.29) is 11.3 Å². The van der Waals surface area contributed by atoms with Crippen LogP contribution in [0.2, 0.25) is 0 Å². The molecule has 0 atom stereocenters. The molecule has 3 rings (SSSR count). The van der Waals surface area contributed by atoms with Gasteiger partial charge in [0, 0.05) is 43.5 Å². The molecule has 2 heterocycles. The Morgan fingerprint density at radius 3 is 2.63 bits per heavy atom. The summed E-state index contributed by atoms with van der Waals surface area (Å²) >= 11 is 0. The largest absolute Gasteiger partial charge is 0.495 e. The van der Waals surface area contributed by atoms with Crippen LogP contribution in [0.15, 0.2) is 36.7 Å². The Kier molecular flexibility index (Phi) is 5.50. The highest BCUT2D eigenvalue weighted by Gasteiger charge is 2.36. The first-order valence-corrected chi connectivity index (χ1v) is 8.36. The van der Waals surface area contributed by atoms with Crippen LogP contribution >= 0.6 is 0 Å². The monoisotopic (exact) mass is 380 g/mol. The van der Waals surface area contributed by atoms with Crippen LogP contribution in [-0.2, 0) is 6.18 Å². The molecule has 2 aromatic rings. The second kappa shape index (κ2) is 7.83. The minimum absolute atomic E-state index is 0.0796. The molecule has 9 heteroatoms. The van der Waals surface area contributed by atoms with Crippen LogP contribution < -0.4 is 20.3 Å². The summed E-state index contributed by atoms with van der Waals surface area (Å²) in [4.78, 5) is 18.0. The van der Waals surface area contributed by atoms with Crippen LogP contribution in [0.3, 0.4) is 0 Å². The van der Waals surface area contributed by atoms with Crippen molar-refractivity contribution in [3.05, 3.63) is 47.8 Å². The Labute approximate surface area is 154 Å². The van der Waals surface area contributed by atoms with Crippen LogP contribution in [0.25, 0.3) is 0 Å². The quantitative estimate of drug-likeness (QED) is 0.854. The molecule has 0 radical (unpaired) electrons. The lowest BCUT2D eigenvalue weighted by atomic mass is 10.1. The molecule has 1 aromatic heterocycles. The third kappa shape index (κ3) is 4.48. The number of anilines is 2. The molecule has 1 amide bonds. The van der Waals surface area contributed by atoms with Crippen molar-refractivity contribution in [3.8, 4) is 5.75 Å². The Morgan fingerprint density at radius 2 is 1.96 bits per heavy atom. The van der Waals surface area contributed by atoms with Crippen LogP contribution in [0.1, 0.15) is 15.9 Å². The van der Waals surface area contributed by atoms with Crippen molar-refractivity contribution in [2.75, 3.05) is 43.5 Å². The Hall–Kier alpha value is -2.81. The number of halogens is 3. The van der Waals surface area contributed by atoms with E-state index in [1.165, 1.54) is 37.7 Å². The number of hydrogen-bond acceptors (Lipinski definition) is 5. The first-order chi connectivity index (χ1) is 12.9. The van der Waals surface area contributed by atoms with E-state index >= 15 is 0 Å². The molecule has 2 N–H and O–H groups in total. The number of methoxy groups -OCH3 is 1. The number of piperazine rings is 1. The second-order valence-corrected chi connectivity index (χ2v) is 6.03. The summed E-state index contributed by atoms with van der Waals surface area (Å²) in [6.45, 7) is 2.18. The summed E-state index contributed by atoms with van der Waals surface area (Å²) in [6.07, 6.45) is -1.71. The minimum atomic E-state index is -4.56. The Bertz CT molecular complexity index is 820. The number of aromatic nitrogens is 1. The smallest absolute Gasteiger partial charge is 0.418 e. The van der Waals surface area contributed by atoms with E-state index in [1.807, 2.05) is 0 Å². The van der Waals surface area contributed by atoms with Gasteiger partial charge in [0.05, 0.1) is 30.8 Å². The van der Waals surface area contributed by atoms with Crippen LogP contribution in [0, 0.1) is 0 Å². The molecular weight excluding hydrogens is 361 g/mol. The van der Waals surface area contributed by atoms with Gasteiger partial charge >= 0.3 is 6.18 Å². The van der Waals surface area contributed by atoms with E-state index in [2.05, 4.69) is 15.6 Å². The van der Waals surface area contributed by atoms with Gasteiger partial charge in [0.15, 0.2) is 0 Å². The Morgan fingerprint density at radius 1 is 1.22 bits per heavy atom. The minimum Gasteiger partial charge on any atom is -0.495 e. The molecular formula is C18H19F3N4O2. The highest BCUT2D eigenvalue weighted by atomic mass is 19.4. The van der Waals surface area contributed by atoms with E-state index in [0.717, 1.165) is 6.07 Å². The average molecular weight is 380 g/mol. The molecule has 1 fully saturated rings. The Balaban J connectivity index is 1.88. The number of rotatable bonds is 4. The highest BCUT2D eigenvalue weighted by molar-refractivity contribution is 6.04. The topological polar surface area (TPSA) is 66.5 Å². The number of carbonyl (C=O) groups excluding carboxylic acids is 1. The van der Waals surface area contributed by atoms with Crippen molar-refractivity contribution >= 4 is 17.3 Å². The normalized spacial score (nSPS) is 14.7. The lowest BCUT2D eigenvalue weighted by Crippen LogP contribution is -2.44. The third-order valence-corrected chi connectivity index (χ3v) is 4.23. The summed E-state index contributed by atoms with van der Waals surface area (Å²) in [5, 5.41) is 5.64. The molecule has 0 aliphatic carbocycles. The van der Waals surface area contributed by atoms with Gasteiger partial charge in [-0.05, 0) is 18.2 Å². The van der Waals surface area contributed by atoms with Crippen molar-refractivity contribution in [2.24, 2.45) is 0 Å². The van der Waals surface area contributed by atoms with Crippen molar-refractivity contribution in [2.45, 2.75) is 6.18 Å². The molecule has 6 nitrogen and oxygen atoms in total. The van der Waals surface area contributed by atoms with Crippen molar-refractivity contribution < 1.29 is 22.7 Å². The zero-order valence-corrected chi connectivity index (χ0v) is 14.6. The molecule has 1 aliphatic heterocycles. The van der Waals surface area contributed by atoms with Crippen LogP contribution in [-0.4, -0.2) is 44.2 Å².